The monoisotopic (exact) mass is 258 g/mol. The van der Waals surface area contributed by atoms with Crippen molar-refractivity contribution in [3.63, 3.8) is 0 Å². The lowest BCUT2D eigenvalue weighted by Crippen LogP contribution is -2.12. The van der Waals surface area contributed by atoms with Crippen molar-refractivity contribution < 1.29 is 14.3 Å². The number of rotatable bonds is 3. The summed E-state index contributed by atoms with van der Waals surface area (Å²) in [7, 11) is 0. The third kappa shape index (κ3) is 2.22. The van der Waals surface area contributed by atoms with Crippen LogP contribution >= 0.6 is 0 Å². The molecule has 0 aromatic carbocycles. The van der Waals surface area contributed by atoms with E-state index in [9.17, 15) is 9.90 Å². The molecule has 3 N–H and O–H groups in total. The number of primary amides is 1. The van der Waals surface area contributed by atoms with Crippen molar-refractivity contribution in [3.05, 3.63) is 41.9 Å². The first kappa shape index (κ1) is 12.9. The van der Waals surface area contributed by atoms with Crippen molar-refractivity contribution in [2.24, 2.45) is 5.73 Å². The lowest BCUT2D eigenvalue weighted by molar-refractivity contribution is 0.0997. The Balaban J connectivity index is 2.63. The third-order valence-corrected chi connectivity index (χ3v) is 2.78. The molecule has 0 aliphatic carbocycles. The maximum atomic E-state index is 11.2. The number of aryl methyl sites for hydroxylation is 1. The molecule has 98 valence electrons. The number of aromatic hydroxyl groups is 1. The zero-order valence-electron chi connectivity index (χ0n) is 10.7. The molecule has 0 aliphatic heterocycles. The van der Waals surface area contributed by atoms with Gasteiger partial charge in [0.05, 0.1) is 16.8 Å². The Morgan fingerprint density at radius 2 is 2.16 bits per heavy atom. The quantitative estimate of drug-likeness (QED) is 0.885. The van der Waals surface area contributed by atoms with Crippen molar-refractivity contribution in [2.45, 2.75) is 13.8 Å². The van der Waals surface area contributed by atoms with Gasteiger partial charge in [-0.25, -0.2) is 0 Å². The van der Waals surface area contributed by atoms with Gasteiger partial charge in [-0.1, -0.05) is 6.58 Å². The van der Waals surface area contributed by atoms with Gasteiger partial charge in [0.2, 0.25) is 0 Å². The molecule has 5 heteroatoms. The third-order valence-electron chi connectivity index (χ3n) is 2.78. The molecule has 0 aliphatic rings. The summed E-state index contributed by atoms with van der Waals surface area (Å²) in [4.78, 5) is 15.3. The maximum Gasteiger partial charge on any atom is 0.254 e. The van der Waals surface area contributed by atoms with Gasteiger partial charge in [0.1, 0.15) is 17.3 Å². The van der Waals surface area contributed by atoms with Crippen LogP contribution in [0.3, 0.4) is 0 Å². The van der Waals surface area contributed by atoms with Crippen LogP contribution in [0.15, 0.2) is 29.3 Å². The highest BCUT2D eigenvalue weighted by Crippen LogP contribution is 2.35. The van der Waals surface area contributed by atoms with Gasteiger partial charge in [-0.2, -0.15) is 0 Å². The van der Waals surface area contributed by atoms with Crippen molar-refractivity contribution in [3.8, 4) is 17.1 Å². The summed E-state index contributed by atoms with van der Waals surface area (Å²) in [5.74, 6) is 0.0717. The highest BCUT2D eigenvalue weighted by molar-refractivity contribution is 5.97. The molecule has 5 nitrogen and oxygen atoms in total. The van der Waals surface area contributed by atoms with Crippen LogP contribution in [0.4, 0.5) is 0 Å². The number of amides is 1. The second-order valence-corrected chi connectivity index (χ2v) is 4.29. The fraction of sp³-hybridized carbons (Fsp3) is 0.143. The van der Waals surface area contributed by atoms with Crippen molar-refractivity contribution in [2.75, 3.05) is 0 Å². The molecule has 0 saturated heterocycles. The van der Waals surface area contributed by atoms with Crippen molar-refractivity contribution in [1.29, 1.82) is 0 Å². The Kier molecular flexibility index (Phi) is 3.12. The molecule has 0 atom stereocenters. The molecule has 0 radical (unpaired) electrons. The molecule has 0 spiro atoms. The van der Waals surface area contributed by atoms with E-state index >= 15 is 0 Å². The molecular weight excluding hydrogens is 244 g/mol. The van der Waals surface area contributed by atoms with E-state index in [4.69, 9.17) is 10.2 Å². The molecule has 0 saturated carbocycles. The van der Waals surface area contributed by atoms with Gasteiger partial charge in [0, 0.05) is 6.20 Å². The van der Waals surface area contributed by atoms with Crippen LogP contribution in [-0.2, 0) is 0 Å². The predicted octanol–water partition coefficient (Wildman–Crippen LogP) is 2.49. The molecule has 2 heterocycles. The summed E-state index contributed by atoms with van der Waals surface area (Å²) in [6, 6.07) is 3.44. The molecule has 19 heavy (non-hydrogen) atoms. The Labute approximate surface area is 110 Å². The Bertz CT molecular complexity index is 671. The summed E-state index contributed by atoms with van der Waals surface area (Å²) < 4.78 is 5.58. The van der Waals surface area contributed by atoms with E-state index in [1.807, 2.05) is 6.92 Å². The van der Waals surface area contributed by atoms with E-state index < -0.39 is 5.91 Å². The van der Waals surface area contributed by atoms with Crippen LogP contribution < -0.4 is 5.73 Å². The standard InChI is InChI=1S/C14H14N2O3/c1-7(2)10-4-5-11(19-10)12-8(3)16-6-9(13(12)17)14(15)18/h4-6H,1H2,2-3H3,(H2,15,18)(H,16,17). The zero-order chi connectivity index (χ0) is 14.2. The normalized spacial score (nSPS) is 10.4. The van der Waals surface area contributed by atoms with Crippen LogP contribution in [0.25, 0.3) is 16.9 Å². The van der Waals surface area contributed by atoms with Gasteiger partial charge in [-0.3, -0.25) is 9.78 Å². The second kappa shape index (κ2) is 4.61. The average Bonchev–Trinajstić information content (AvgIpc) is 2.78. The fourth-order valence-electron chi connectivity index (χ4n) is 1.77. The van der Waals surface area contributed by atoms with Crippen LogP contribution in [0.2, 0.25) is 0 Å². The number of nitrogens with zero attached hydrogens (tertiary/aromatic N) is 1. The predicted molar refractivity (Wildman–Crippen MR) is 71.6 cm³/mol. The number of hydrogen-bond donors (Lipinski definition) is 2. The number of furan rings is 1. The fourth-order valence-corrected chi connectivity index (χ4v) is 1.77. The Hall–Kier alpha value is -2.56. The Morgan fingerprint density at radius 3 is 2.68 bits per heavy atom. The van der Waals surface area contributed by atoms with Gasteiger partial charge >= 0.3 is 0 Å². The zero-order valence-corrected chi connectivity index (χ0v) is 10.7. The van der Waals surface area contributed by atoms with E-state index in [0.717, 1.165) is 5.57 Å². The van der Waals surface area contributed by atoms with Gasteiger partial charge in [0.25, 0.3) is 5.91 Å². The van der Waals surface area contributed by atoms with E-state index in [2.05, 4.69) is 11.6 Å². The summed E-state index contributed by atoms with van der Waals surface area (Å²) in [5.41, 5.74) is 6.83. The largest absolute Gasteiger partial charge is 0.506 e. The lowest BCUT2D eigenvalue weighted by Gasteiger charge is -2.08. The number of carbonyl (C=O) groups is 1. The number of pyridine rings is 1. The minimum Gasteiger partial charge on any atom is -0.506 e. The van der Waals surface area contributed by atoms with Gasteiger partial charge in [-0.15, -0.1) is 0 Å². The van der Waals surface area contributed by atoms with E-state index in [-0.39, 0.29) is 11.3 Å². The van der Waals surface area contributed by atoms with Crippen LogP contribution in [0.1, 0.15) is 28.7 Å². The summed E-state index contributed by atoms with van der Waals surface area (Å²) in [6.07, 6.45) is 1.25. The minimum atomic E-state index is -0.738. The minimum absolute atomic E-state index is 0.0334. The van der Waals surface area contributed by atoms with E-state index in [1.165, 1.54) is 6.20 Å². The first-order valence-corrected chi connectivity index (χ1v) is 5.66. The topological polar surface area (TPSA) is 89.3 Å². The number of allylic oxidation sites excluding steroid dienone is 1. The summed E-state index contributed by atoms with van der Waals surface area (Å²) in [6.45, 7) is 7.30. The van der Waals surface area contributed by atoms with E-state index in [0.29, 0.717) is 22.8 Å². The molecule has 0 bridgehead atoms. The van der Waals surface area contributed by atoms with E-state index in [1.54, 1.807) is 19.1 Å². The number of carbonyl (C=O) groups excluding carboxylic acids is 1. The first-order chi connectivity index (χ1) is 8.91. The number of nitrogens with two attached hydrogens (primary N) is 1. The van der Waals surface area contributed by atoms with Crippen molar-refractivity contribution in [1.82, 2.24) is 4.98 Å². The SMILES string of the molecule is C=C(C)c1ccc(-c2c(C)ncc(C(N)=O)c2O)o1. The van der Waals surface area contributed by atoms with Crippen LogP contribution in [0, 0.1) is 6.92 Å². The molecule has 2 aromatic heterocycles. The highest BCUT2D eigenvalue weighted by Gasteiger charge is 2.19. The molecule has 0 fully saturated rings. The maximum absolute atomic E-state index is 11.2. The van der Waals surface area contributed by atoms with Crippen molar-refractivity contribution >= 4 is 11.5 Å². The van der Waals surface area contributed by atoms with Crippen LogP contribution in [0.5, 0.6) is 5.75 Å². The number of aromatic nitrogens is 1. The van der Waals surface area contributed by atoms with Gasteiger partial charge in [-0.05, 0) is 31.6 Å². The summed E-state index contributed by atoms with van der Waals surface area (Å²) in [5, 5.41) is 10.1. The average molecular weight is 258 g/mol. The second-order valence-electron chi connectivity index (χ2n) is 4.29. The van der Waals surface area contributed by atoms with Crippen LogP contribution in [-0.4, -0.2) is 16.0 Å². The highest BCUT2D eigenvalue weighted by atomic mass is 16.3. The number of hydrogen-bond acceptors (Lipinski definition) is 4. The smallest absolute Gasteiger partial charge is 0.254 e. The molecule has 1 amide bonds. The molecule has 2 rings (SSSR count). The van der Waals surface area contributed by atoms with Gasteiger partial charge in [0.15, 0.2) is 0 Å². The van der Waals surface area contributed by atoms with Gasteiger partial charge < -0.3 is 15.3 Å². The molecule has 0 unspecified atom stereocenters. The Morgan fingerprint density at radius 1 is 1.47 bits per heavy atom. The molecule has 2 aromatic rings. The lowest BCUT2D eigenvalue weighted by atomic mass is 10.1. The summed E-state index contributed by atoms with van der Waals surface area (Å²) >= 11 is 0. The first-order valence-electron chi connectivity index (χ1n) is 5.66. The molecular formula is C14H14N2O3.